The zero-order valence-electron chi connectivity index (χ0n) is 20.2. The molecule has 2 aromatic rings. The van der Waals surface area contributed by atoms with Gasteiger partial charge in [-0.15, -0.1) is 0 Å². The molecule has 5 heteroatoms. The van der Waals surface area contributed by atoms with Crippen molar-refractivity contribution in [2.45, 2.75) is 52.6 Å². The zero-order valence-corrected chi connectivity index (χ0v) is 20.2. The highest BCUT2D eigenvalue weighted by atomic mass is 16.2. The summed E-state index contributed by atoms with van der Waals surface area (Å²) in [6.07, 6.45) is 0. The van der Waals surface area contributed by atoms with E-state index in [0.717, 1.165) is 18.7 Å². The smallest absolute Gasteiger partial charge is 0.253 e. The summed E-state index contributed by atoms with van der Waals surface area (Å²) >= 11 is 0. The van der Waals surface area contributed by atoms with Crippen LogP contribution in [-0.2, 0) is 16.8 Å². The van der Waals surface area contributed by atoms with E-state index >= 15 is 0 Å². The minimum absolute atomic E-state index is 0.0437. The molecule has 32 heavy (non-hydrogen) atoms. The molecule has 0 aromatic heterocycles. The summed E-state index contributed by atoms with van der Waals surface area (Å²) in [6, 6.07) is 18.4. The van der Waals surface area contributed by atoms with Crippen LogP contribution in [0.1, 0.15) is 56.1 Å². The van der Waals surface area contributed by atoms with Crippen molar-refractivity contribution < 1.29 is 9.59 Å². The third kappa shape index (κ3) is 5.39. The Bertz CT molecular complexity index is 898. The summed E-state index contributed by atoms with van der Waals surface area (Å²) in [5.41, 5.74) is 2.37. The number of benzene rings is 2. The van der Waals surface area contributed by atoms with Gasteiger partial charge in [0.25, 0.3) is 5.91 Å². The first-order chi connectivity index (χ1) is 15.2. The van der Waals surface area contributed by atoms with Crippen LogP contribution in [0.5, 0.6) is 0 Å². The summed E-state index contributed by atoms with van der Waals surface area (Å²) < 4.78 is 0. The number of rotatable bonds is 7. The zero-order chi connectivity index (χ0) is 23.3. The Balaban J connectivity index is 1.58. The third-order valence-electron chi connectivity index (χ3n) is 6.61. The quantitative estimate of drug-likeness (QED) is 0.655. The molecule has 2 aromatic carbocycles. The van der Waals surface area contributed by atoms with Gasteiger partial charge in [0.2, 0.25) is 5.91 Å². The van der Waals surface area contributed by atoms with Gasteiger partial charge in [-0.2, -0.15) is 0 Å². The van der Waals surface area contributed by atoms with E-state index in [1.165, 1.54) is 5.56 Å². The molecule has 0 bridgehead atoms. The topological polar surface area (TPSA) is 43.9 Å². The van der Waals surface area contributed by atoms with Crippen LogP contribution in [0.25, 0.3) is 0 Å². The van der Waals surface area contributed by atoms with Crippen molar-refractivity contribution in [3.05, 3.63) is 71.3 Å². The van der Waals surface area contributed by atoms with Gasteiger partial charge in [0, 0.05) is 44.3 Å². The third-order valence-corrected chi connectivity index (χ3v) is 6.61. The molecule has 3 rings (SSSR count). The second-order valence-corrected chi connectivity index (χ2v) is 9.43. The van der Waals surface area contributed by atoms with Crippen molar-refractivity contribution >= 4 is 11.8 Å². The molecule has 0 radical (unpaired) electrons. The van der Waals surface area contributed by atoms with Crippen LogP contribution in [0.3, 0.4) is 0 Å². The lowest BCUT2D eigenvalue weighted by Gasteiger charge is -2.38. The molecule has 0 aliphatic carbocycles. The Morgan fingerprint density at radius 1 is 0.906 bits per heavy atom. The van der Waals surface area contributed by atoms with Gasteiger partial charge in [0.15, 0.2) is 0 Å². The van der Waals surface area contributed by atoms with Gasteiger partial charge >= 0.3 is 0 Å². The lowest BCUT2D eigenvalue weighted by molar-refractivity contribution is -0.137. The lowest BCUT2D eigenvalue weighted by Crippen LogP contribution is -2.54. The molecule has 1 aliphatic rings. The highest BCUT2D eigenvalue weighted by molar-refractivity contribution is 5.94. The summed E-state index contributed by atoms with van der Waals surface area (Å²) in [5, 5.41) is 0. The summed E-state index contributed by atoms with van der Waals surface area (Å²) in [6.45, 7) is 14.7. The first kappa shape index (κ1) is 24.0. The molecule has 1 aliphatic heterocycles. The number of carbonyl (C=O) groups excluding carboxylic acids is 2. The molecular weight excluding hydrogens is 398 g/mol. The highest BCUT2D eigenvalue weighted by Crippen LogP contribution is 2.26. The molecule has 1 fully saturated rings. The normalized spacial score (nSPS) is 14.8. The Hall–Kier alpha value is -2.66. The largest absolute Gasteiger partial charge is 0.338 e. The molecule has 172 valence electrons. The van der Waals surface area contributed by atoms with Crippen LogP contribution < -0.4 is 0 Å². The van der Waals surface area contributed by atoms with E-state index < -0.39 is 5.41 Å². The van der Waals surface area contributed by atoms with E-state index in [1.54, 1.807) is 0 Å². The van der Waals surface area contributed by atoms with Crippen LogP contribution >= 0.6 is 0 Å². The maximum Gasteiger partial charge on any atom is 0.253 e. The number of hydrogen-bond acceptors (Lipinski definition) is 3. The molecule has 0 atom stereocenters. The van der Waals surface area contributed by atoms with Crippen LogP contribution in [0, 0.1) is 0 Å². The monoisotopic (exact) mass is 435 g/mol. The molecular formula is C27H37N3O2. The first-order valence-electron chi connectivity index (χ1n) is 11.7. The van der Waals surface area contributed by atoms with Crippen LogP contribution in [0.4, 0.5) is 0 Å². The van der Waals surface area contributed by atoms with E-state index in [2.05, 4.69) is 37.8 Å². The van der Waals surface area contributed by atoms with Gasteiger partial charge in [-0.3, -0.25) is 14.5 Å². The van der Waals surface area contributed by atoms with Crippen LogP contribution in [0.2, 0.25) is 0 Å². The second-order valence-electron chi connectivity index (χ2n) is 9.43. The fourth-order valence-electron chi connectivity index (χ4n) is 4.32. The SMILES string of the molecule is CCN(Cc1ccc(C(=O)N2CCN(C(=O)C(C)(C)c3ccccc3)CC2)cc1)C(C)C. The van der Waals surface area contributed by atoms with E-state index in [-0.39, 0.29) is 11.8 Å². The standard InChI is InChI=1S/C27H37N3O2/c1-6-28(21(2)3)20-22-12-14-23(15-13-22)25(31)29-16-18-30(19-17-29)26(32)27(4,5)24-10-8-7-9-11-24/h7-15,21H,6,16-20H2,1-5H3. The van der Waals surface area contributed by atoms with Gasteiger partial charge in [0.1, 0.15) is 0 Å². The van der Waals surface area contributed by atoms with Gasteiger partial charge in [0.05, 0.1) is 5.41 Å². The van der Waals surface area contributed by atoms with Crippen molar-refractivity contribution in [2.24, 2.45) is 0 Å². The lowest BCUT2D eigenvalue weighted by atomic mass is 9.83. The predicted octanol–water partition coefficient (Wildman–Crippen LogP) is 4.18. The molecule has 0 unspecified atom stereocenters. The minimum Gasteiger partial charge on any atom is -0.338 e. The Kier molecular flexibility index (Phi) is 7.73. The number of piperazine rings is 1. The molecule has 0 spiro atoms. The van der Waals surface area contributed by atoms with Crippen LogP contribution in [0.15, 0.2) is 54.6 Å². The molecule has 0 N–H and O–H groups in total. The Labute approximate surface area is 193 Å². The summed E-state index contributed by atoms with van der Waals surface area (Å²) in [4.78, 5) is 32.3. The fraction of sp³-hybridized carbons (Fsp3) is 0.481. The van der Waals surface area contributed by atoms with E-state index in [1.807, 2.05) is 66.1 Å². The van der Waals surface area contributed by atoms with Crippen LogP contribution in [-0.4, -0.2) is 65.3 Å². The summed E-state index contributed by atoms with van der Waals surface area (Å²) in [7, 11) is 0. The number of amides is 2. The average molecular weight is 436 g/mol. The van der Waals surface area contributed by atoms with Gasteiger partial charge in [-0.05, 0) is 57.5 Å². The average Bonchev–Trinajstić information content (AvgIpc) is 2.82. The van der Waals surface area contributed by atoms with Crippen molar-refractivity contribution in [3.8, 4) is 0 Å². The van der Waals surface area contributed by atoms with E-state index in [9.17, 15) is 9.59 Å². The molecule has 5 nitrogen and oxygen atoms in total. The molecule has 1 heterocycles. The van der Waals surface area contributed by atoms with Gasteiger partial charge < -0.3 is 9.80 Å². The maximum absolute atomic E-state index is 13.2. The van der Waals surface area contributed by atoms with Gasteiger partial charge in [-0.25, -0.2) is 0 Å². The molecule has 1 saturated heterocycles. The van der Waals surface area contributed by atoms with Gasteiger partial charge in [-0.1, -0.05) is 49.4 Å². The molecule has 2 amide bonds. The van der Waals surface area contributed by atoms with Crippen molar-refractivity contribution in [2.75, 3.05) is 32.7 Å². The van der Waals surface area contributed by atoms with E-state index in [0.29, 0.717) is 37.8 Å². The first-order valence-corrected chi connectivity index (χ1v) is 11.7. The number of hydrogen-bond donors (Lipinski definition) is 0. The fourth-order valence-corrected chi connectivity index (χ4v) is 4.32. The number of nitrogens with zero attached hydrogens (tertiary/aromatic N) is 3. The summed E-state index contributed by atoms with van der Waals surface area (Å²) in [5.74, 6) is 0.160. The molecule has 0 saturated carbocycles. The van der Waals surface area contributed by atoms with Crippen molar-refractivity contribution in [1.82, 2.24) is 14.7 Å². The van der Waals surface area contributed by atoms with Crippen molar-refractivity contribution in [1.29, 1.82) is 0 Å². The Morgan fingerprint density at radius 3 is 2.00 bits per heavy atom. The maximum atomic E-state index is 13.2. The highest BCUT2D eigenvalue weighted by Gasteiger charge is 2.35. The predicted molar refractivity (Wildman–Crippen MR) is 130 cm³/mol. The number of carbonyl (C=O) groups is 2. The van der Waals surface area contributed by atoms with E-state index in [4.69, 9.17) is 0 Å². The minimum atomic E-state index is -0.578. The Morgan fingerprint density at radius 2 is 1.47 bits per heavy atom. The van der Waals surface area contributed by atoms with Crippen molar-refractivity contribution in [3.63, 3.8) is 0 Å². The second kappa shape index (κ2) is 10.3.